The zero-order valence-electron chi connectivity index (χ0n) is 11.2. The highest BCUT2D eigenvalue weighted by Crippen LogP contribution is 2.15. The first-order valence-electron chi connectivity index (χ1n) is 6.22. The van der Waals surface area contributed by atoms with E-state index in [1.807, 2.05) is 6.07 Å². The second-order valence-corrected chi connectivity index (χ2v) is 4.56. The van der Waals surface area contributed by atoms with Crippen molar-refractivity contribution < 1.29 is 4.74 Å². The number of aromatic nitrogens is 2. The third kappa shape index (κ3) is 4.79. The van der Waals surface area contributed by atoms with Crippen LogP contribution in [0.3, 0.4) is 0 Å². The number of hydrogen-bond acceptors (Lipinski definition) is 4. The van der Waals surface area contributed by atoms with E-state index in [4.69, 9.17) is 4.74 Å². The Kier molecular flexibility index (Phi) is 6.08. The average molecular weight is 237 g/mol. The Morgan fingerprint density at radius 2 is 2.18 bits per heavy atom. The van der Waals surface area contributed by atoms with Gasteiger partial charge in [0.2, 0.25) is 0 Å². The first-order valence-corrected chi connectivity index (χ1v) is 6.22. The topological polar surface area (TPSA) is 47.0 Å². The molecule has 4 nitrogen and oxygen atoms in total. The quantitative estimate of drug-likeness (QED) is 0.790. The van der Waals surface area contributed by atoms with Crippen LogP contribution in [0.5, 0.6) is 0 Å². The van der Waals surface area contributed by atoms with Crippen LogP contribution in [0.25, 0.3) is 0 Å². The van der Waals surface area contributed by atoms with E-state index in [1.54, 1.807) is 13.3 Å². The summed E-state index contributed by atoms with van der Waals surface area (Å²) in [6.07, 6.45) is 2.69. The Bertz CT molecular complexity index is 324. The summed E-state index contributed by atoms with van der Waals surface area (Å²) in [5.74, 6) is 1.43. The van der Waals surface area contributed by atoms with Crippen LogP contribution in [0.15, 0.2) is 12.3 Å². The van der Waals surface area contributed by atoms with Crippen LogP contribution in [0, 0.1) is 5.92 Å². The van der Waals surface area contributed by atoms with Gasteiger partial charge < -0.3 is 10.1 Å². The minimum Gasteiger partial charge on any atom is -0.373 e. The van der Waals surface area contributed by atoms with Gasteiger partial charge in [-0.05, 0) is 24.9 Å². The zero-order chi connectivity index (χ0) is 12.7. The highest BCUT2D eigenvalue weighted by molar-refractivity contribution is 5.04. The lowest BCUT2D eigenvalue weighted by Gasteiger charge is -2.12. The maximum Gasteiger partial charge on any atom is 0.157 e. The minimum atomic E-state index is 0.0000451. The average Bonchev–Trinajstić information content (AvgIpc) is 2.31. The van der Waals surface area contributed by atoms with Gasteiger partial charge in [0.15, 0.2) is 5.82 Å². The Hall–Kier alpha value is -1.00. The molecule has 1 unspecified atom stereocenters. The van der Waals surface area contributed by atoms with Crippen molar-refractivity contribution in [3.05, 3.63) is 23.8 Å². The van der Waals surface area contributed by atoms with Gasteiger partial charge in [-0.25, -0.2) is 9.97 Å². The molecule has 0 fully saturated rings. The Morgan fingerprint density at radius 3 is 2.76 bits per heavy atom. The summed E-state index contributed by atoms with van der Waals surface area (Å²) in [7, 11) is 1.70. The van der Waals surface area contributed by atoms with Crippen molar-refractivity contribution in [3.8, 4) is 0 Å². The number of methoxy groups -OCH3 is 1. The standard InChI is InChI=1S/C13H23N3O/c1-5-12(17-4)13-15-7-6-11(16-13)9-14-8-10(2)3/h6-7,10,12,14H,5,8-9H2,1-4H3. The fraction of sp³-hybridized carbons (Fsp3) is 0.692. The van der Waals surface area contributed by atoms with Crippen LogP contribution in [-0.2, 0) is 11.3 Å². The Labute approximate surface area is 104 Å². The normalized spacial score (nSPS) is 13.0. The molecule has 0 bridgehead atoms. The summed E-state index contributed by atoms with van der Waals surface area (Å²) in [5.41, 5.74) is 1.02. The molecular weight excluding hydrogens is 214 g/mol. The summed E-state index contributed by atoms with van der Waals surface area (Å²) in [6, 6.07) is 1.94. The smallest absolute Gasteiger partial charge is 0.157 e. The lowest BCUT2D eigenvalue weighted by molar-refractivity contribution is 0.0923. The fourth-order valence-corrected chi connectivity index (χ4v) is 1.61. The van der Waals surface area contributed by atoms with Gasteiger partial charge in [-0.15, -0.1) is 0 Å². The molecule has 0 aliphatic rings. The molecular formula is C13H23N3O. The highest BCUT2D eigenvalue weighted by atomic mass is 16.5. The minimum absolute atomic E-state index is 0.0000451. The van der Waals surface area contributed by atoms with Crippen molar-refractivity contribution in [2.45, 2.75) is 39.8 Å². The molecule has 0 aliphatic carbocycles. The fourth-order valence-electron chi connectivity index (χ4n) is 1.61. The molecule has 0 saturated heterocycles. The number of nitrogens with one attached hydrogen (secondary N) is 1. The molecule has 1 N–H and O–H groups in total. The maximum atomic E-state index is 5.34. The van der Waals surface area contributed by atoms with E-state index >= 15 is 0 Å². The predicted octanol–water partition coefficient (Wildman–Crippen LogP) is 2.32. The first kappa shape index (κ1) is 14.1. The number of nitrogens with zero attached hydrogens (tertiary/aromatic N) is 2. The number of hydrogen-bond donors (Lipinski definition) is 1. The van der Waals surface area contributed by atoms with Gasteiger partial charge in [0.1, 0.15) is 6.10 Å². The molecule has 1 atom stereocenters. The van der Waals surface area contributed by atoms with Crippen molar-refractivity contribution >= 4 is 0 Å². The number of ether oxygens (including phenoxy) is 1. The van der Waals surface area contributed by atoms with Crippen molar-refractivity contribution in [2.24, 2.45) is 5.92 Å². The molecule has 0 aliphatic heterocycles. The molecule has 0 aromatic carbocycles. The van der Waals surface area contributed by atoms with Gasteiger partial charge in [-0.3, -0.25) is 0 Å². The van der Waals surface area contributed by atoms with Crippen LogP contribution in [-0.4, -0.2) is 23.6 Å². The SMILES string of the molecule is CCC(OC)c1nccc(CNCC(C)C)n1. The monoisotopic (exact) mass is 237 g/mol. The third-order valence-electron chi connectivity index (χ3n) is 2.53. The molecule has 0 radical (unpaired) electrons. The lowest BCUT2D eigenvalue weighted by atomic mass is 10.2. The molecule has 1 rings (SSSR count). The highest BCUT2D eigenvalue weighted by Gasteiger charge is 2.11. The molecule has 1 aromatic rings. The Balaban J connectivity index is 2.59. The van der Waals surface area contributed by atoms with Crippen LogP contribution in [0.1, 0.15) is 44.8 Å². The van der Waals surface area contributed by atoms with E-state index in [1.165, 1.54) is 0 Å². The molecule has 96 valence electrons. The van der Waals surface area contributed by atoms with E-state index in [0.717, 1.165) is 31.0 Å². The van der Waals surface area contributed by atoms with E-state index in [9.17, 15) is 0 Å². The van der Waals surface area contributed by atoms with E-state index < -0.39 is 0 Å². The summed E-state index contributed by atoms with van der Waals surface area (Å²) in [4.78, 5) is 8.77. The molecule has 1 heterocycles. The summed E-state index contributed by atoms with van der Waals surface area (Å²) in [6.45, 7) is 8.24. The first-order chi connectivity index (χ1) is 8.17. The summed E-state index contributed by atoms with van der Waals surface area (Å²) < 4.78 is 5.34. The maximum absolute atomic E-state index is 5.34. The van der Waals surface area contributed by atoms with Crippen LogP contribution in [0.2, 0.25) is 0 Å². The predicted molar refractivity (Wildman–Crippen MR) is 68.6 cm³/mol. The second-order valence-electron chi connectivity index (χ2n) is 4.56. The van der Waals surface area contributed by atoms with Crippen molar-refractivity contribution in [2.75, 3.05) is 13.7 Å². The van der Waals surface area contributed by atoms with Gasteiger partial charge >= 0.3 is 0 Å². The van der Waals surface area contributed by atoms with Gasteiger partial charge in [0.05, 0.1) is 5.69 Å². The van der Waals surface area contributed by atoms with Crippen LogP contribution >= 0.6 is 0 Å². The van der Waals surface area contributed by atoms with Crippen molar-refractivity contribution in [1.82, 2.24) is 15.3 Å². The van der Waals surface area contributed by atoms with Crippen LogP contribution in [0.4, 0.5) is 0 Å². The molecule has 0 saturated carbocycles. The van der Waals surface area contributed by atoms with Crippen LogP contribution < -0.4 is 5.32 Å². The summed E-state index contributed by atoms with van der Waals surface area (Å²) >= 11 is 0. The van der Waals surface area contributed by atoms with E-state index in [-0.39, 0.29) is 6.10 Å². The molecule has 0 amide bonds. The second kappa shape index (κ2) is 7.35. The zero-order valence-corrected chi connectivity index (χ0v) is 11.2. The molecule has 0 spiro atoms. The van der Waals surface area contributed by atoms with E-state index in [2.05, 4.69) is 36.1 Å². The van der Waals surface area contributed by atoms with Gasteiger partial charge in [-0.2, -0.15) is 0 Å². The molecule has 1 aromatic heterocycles. The lowest BCUT2D eigenvalue weighted by Crippen LogP contribution is -2.20. The Morgan fingerprint density at radius 1 is 1.41 bits per heavy atom. The number of rotatable bonds is 7. The van der Waals surface area contributed by atoms with Gasteiger partial charge in [0, 0.05) is 19.9 Å². The molecule has 4 heteroatoms. The van der Waals surface area contributed by atoms with Crippen molar-refractivity contribution in [3.63, 3.8) is 0 Å². The molecule has 17 heavy (non-hydrogen) atoms. The largest absolute Gasteiger partial charge is 0.373 e. The van der Waals surface area contributed by atoms with Gasteiger partial charge in [-0.1, -0.05) is 20.8 Å². The van der Waals surface area contributed by atoms with Gasteiger partial charge in [0.25, 0.3) is 0 Å². The van der Waals surface area contributed by atoms with Crippen molar-refractivity contribution in [1.29, 1.82) is 0 Å². The summed E-state index contributed by atoms with van der Waals surface area (Å²) in [5, 5.41) is 3.37. The van der Waals surface area contributed by atoms with E-state index in [0.29, 0.717) is 5.92 Å². The third-order valence-corrected chi connectivity index (χ3v) is 2.53.